The monoisotopic (exact) mass is 358 g/mol. The number of rotatable bonds is 6. The van der Waals surface area contributed by atoms with Gasteiger partial charge in [-0.1, -0.05) is 23.2 Å². The molecule has 0 unspecified atom stereocenters. The maximum absolute atomic E-state index is 12.0. The molecule has 2 rings (SSSR count). The fourth-order valence-corrected chi connectivity index (χ4v) is 2.83. The molecule has 1 saturated heterocycles. The van der Waals surface area contributed by atoms with Gasteiger partial charge in [0.25, 0.3) is 5.91 Å². The second-order valence-electron chi connectivity index (χ2n) is 5.46. The molecule has 1 aromatic rings. The fraction of sp³-hybridized carbons (Fsp3) is 0.500. The molecule has 5 nitrogen and oxygen atoms in total. The molecule has 0 bridgehead atoms. The maximum Gasteiger partial charge on any atom is 0.260 e. The maximum atomic E-state index is 12.0. The van der Waals surface area contributed by atoms with Crippen LogP contribution in [0, 0.1) is 0 Å². The summed E-state index contributed by atoms with van der Waals surface area (Å²) < 4.78 is 5.52. The van der Waals surface area contributed by atoms with Crippen molar-refractivity contribution in [3.05, 3.63) is 28.2 Å². The van der Waals surface area contributed by atoms with Crippen LogP contribution in [-0.4, -0.2) is 42.5 Å². The van der Waals surface area contributed by atoms with E-state index in [2.05, 4.69) is 5.32 Å². The third-order valence-electron chi connectivity index (χ3n) is 3.66. The zero-order valence-corrected chi connectivity index (χ0v) is 14.5. The lowest BCUT2D eigenvalue weighted by molar-refractivity contribution is -0.130. The first-order chi connectivity index (χ1) is 11.0. The molecule has 0 radical (unpaired) electrons. The van der Waals surface area contributed by atoms with Crippen LogP contribution in [0.4, 0.5) is 0 Å². The molecule has 1 fully saturated rings. The van der Waals surface area contributed by atoms with Crippen molar-refractivity contribution in [2.75, 3.05) is 19.6 Å². The minimum Gasteiger partial charge on any atom is -0.479 e. The third kappa shape index (κ3) is 5.29. The summed E-state index contributed by atoms with van der Waals surface area (Å²) in [6.45, 7) is 3.57. The summed E-state index contributed by atoms with van der Waals surface area (Å²) in [4.78, 5) is 25.7. The lowest BCUT2D eigenvalue weighted by atomic mass is 10.3. The van der Waals surface area contributed by atoms with Gasteiger partial charge in [-0.25, -0.2) is 0 Å². The van der Waals surface area contributed by atoms with Crippen LogP contribution in [0.15, 0.2) is 18.2 Å². The number of hydrogen-bond donors (Lipinski definition) is 1. The molecule has 1 aliphatic heterocycles. The Balaban J connectivity index is 1.75. The van der Waals surface area contributed by atoms with Gasteiger partial charge >= 0.3 is 0 Å². The smallest absolute Gasteiger partial charge is 0.260 e. The van der Waals surface area contributed by atoms with Gasteiger partial charge < -0.3 is 15.0 Å². The molecule has 0 aromatic heterocycles. The van der Waals surface area contributed by atoms with Crippen molar-refractivity contribution < 1.29 is 14.3 Å². The zero-order chi connectivity index (χ0) is 16.8. The molecule has 0 aliphatic carbocycles. The Morgan fingerprint density at radius 2 is 2.00 bits per heavy atom. The van der Waals surface area contributed by atoms with Crippen LogP contribution in [0.3, 0.4) is 0 Å². The molecule has 23 heavy (non-hydrogen) atoms. The number of amides is 2. The summed E-state index contributed by atoms with van der Waals surface area (Å²) in [7, 11) is 0. The Hall–Kier alpha value is -1.46. The number of benzene rings is 1. The van der Waals surface area contributed by atoms with Gasteiger partial charge in [0.15, 0.2) is 6.10 Å². The molecule has 0 saturated carbocycles. The number of nitrogens with one attached hydrogen (secondary N) is 1. The van der Waals surface area contributed by atoms with Gasteiger partial charge in [-0.15, -0.1) is 0 Å². The van der Waals surface area contributed by atoms with Crippen molar-refractivity contribution in [1.82, 2.24) is 10.2 Å². The second-order valence-corrected chi connectivity index (χ2v) is 6.31. The molecule has 0 spiro atoms. The number of nitrogens with zero attached hydrogens (tertiary/aromatic N) is 1. The van der Waals surface area contributed by atoms with Crippen molar-refractivity contribution in [2.45, 2.75) is 32.3 Å². The van der Waals surface area contributed by atoms with Crippen molar-refractivity contribution in [1.29, 1.82) is 0 Å². The summed E-state index contributed by atoms with van der Waals surface area (Å²) >= 11 is 11.8. The number of carbonyl (C=O) groups is 2. The lowest BCUT2D eigenvalue weighted by Gasteiger charge is -2.17. The summed E-state index contributed by atoms with van der Waals surface area (Å²) in [5.41, 5.74) is 0. The largest absolute Gasteiger partial charge is 0.479 e. The Bertz CT molecular complexity index is 574. The number of carbonyl (C=O) groups excluding carboxylic acids is 2. The molecule has 1 atom stereocenters. The Morgan fingerprint density at radius 1 is 1.30 bits per heavy atom. The van der Waals surface area contributed by atoms with Gasteiger partial charge in [-0.2, -0.15) is 0 Å². The molecule has 7 heteroatoms. The Morgan fingerprint density at radius 3 is 2.65 bits per heavy atom. The Kier molecular flexibility index (Phi) is 6.54. The minimum absolute atomic E-state index is 0.0807. The van der Waals surface area contributed by atoms with Crippen LogP contribution < -0.4 is 10.1 Å². The van der Waals surface area contributed by atoms with Crippen molar-refractivity contribution in [3.63, 3.8) is 0 Å². The van der Waals surface area contributed by atoms with E-state index in [0.29, 0.717) is 28.8 Å². The minimum atomic E-state index is -0.712. The zero-order valence-electron chi connectivity index (χ0n) is 13.0. The molecule has 1 heterocycles. The quantitative estimate of drug-likeness (QED) is 0.850. The molecular formula is C16H20Cl2N2O3. The van der Waals surface area contributed by atoms with Gasteiger partial charge in [-0.3, -0.25) is 9.59 Å². The van der Waals surface area contributed by atoms with Crippen LogP contribution in [-0.2, 0) is 9.59 Å². The highest BCUT2D eigenvalue weighted by Gasteiger charge is 2.19. The predicted molar refractivity (Wildman–Crippen MR) is 90.0 cm³/mol. The first kappa shape index (κ1) is 17.9. The standard InChI is InChI=1S/C16H20Cl2N2O3/c1-11(23-14-5-4-12(17)10-13(14)18)16(22)19-7-6-15(21)20-8-2-3-9-20/h4-5,10-11H,2-3,6-9H2,1H3,(H,19,22)/t11-/m0/s1. The van der Waals surface area contributed by atoms with E-state index in [0.717, 1.165) is 25.9 Å². The van der Waals surface area contributed by atoms with E-state index >= 15 is 0 Å². The average molecular weight is 359 g/mol. The number of hydrogen-bond acceptors (Lipinski definition) is 3. The summed E-state index contributed by atoms with van der Waals surface area (Å²) in [5, 5.41) is 3.56. The first-order valence-electron chi connectivity index (χ1n) is 7.64. The van der Waals surface area contributed by atoms with Gasteiger partial charge in [0.05, 0.1) is 5.02 Å². The highest BCUT2D eigenvalue weighted by atomic mass is 35.5. The summed E-state index contributed by atoms with van der Waals surface area (Å²) in [6.07, 6.45) is 1.71. The van der Waals surface area contributed by atoms with E-state index in [9.17, 15) is 9.59 Å². The predicted octanol–water partition coefficient (Wildman–Crippen LogP) is 2.89. The van der Waals surface area contributed by atoms with E-state index in [4.69, 9.17) is 27.9 Å². The van der Waals surface area contributed by atoms with Gasteiger partial charge in [-0.05, 0) is 38.0 Å². The number of ether oxygens (including phenoxy) is 1. The SMILES string of the molecule is C[C@H](Oc1ccc(Cl)cc1Cl)C(=O)NCCC(=O)N1CCCC1. The molecular weight excluding hydrogens is 339 g/mol. The molecule has 2 amide bonds. The molecule has 1 N–H and O–H groups in total. The lowest BCUT2D eigenvalue weighted by Crippen LogP contribution is -2.38. The number of halogens is 2. The van der Waals surface area contributed by atoms with Crippen LogP contribution in [0.5, 0.6) is 5.75 Å². The van der Waals surface area contributed by atoms with Crippen molar-refractivity contribution >= 4 is 35.0 Å². The highest BCUT2D eigenvalue weighted by Crippen LogP contribution is 2.28. The molecule has 1 aliphatic rings. The van der Waals surface area contributed by atoms with E-state index in [1.165, 1.54) is 0 Å². The highest BCUT2D eigenvalue weighted by molar-refractivity contribution is 6.35. The van der Waals surface area contributed by atoms with Crippen LogP contribution in [0.2, 0.25) is 10.0 Å². The van der Waals surface area contributed by atoms with Gasteiger partial charge in [0.1, 0.15) is 5.75 Å². The molecule has 1 aromatic carbocycles. The van der Waals surface area contributed by atoms with E-state index in [-0.39, 0.29) is 11.8 Å². The second kappa shape index (κ2) is 8.41. The first-order valence-corrected chi connectivity index (χ1v) is 8.40. The third-order valence-corrected chi connectivity index (χ3v) is 4.19. The van der Waals surface area contributed by atoms with Crippen LogP contribution in [0.25, 0.3) is 0 Å². The van der Waals surface area contributed by atoms with E-state index in [1.54, 1.807) is 25.1 Å². The van der Waals surface area contributed by atoms with Gasteiger partial charge in [0.2, 0.25) is 5.91 Å². The summed E-state index contributed by atoms with van der Waals surface area (Å²) in [5.74, 6) is 0.189. The van der Waals surface area contributed by atoms with Gasteiger partial charge in [0, 0.05) is 31.1 Å². The topological polar surface area (TPSA) is 58.6 Å². The summed E-state index contributed by atoms with van der Waals surface area (Å²) in [6, 6.07) is 4.81. The van der Waals surface area contributed by atoms with Crippen molar-refractivity contribution in [2.24, 2.45) is 0 Å². The number of likely N-dealkylation sites (tertiary alicyclic amines) is 1. The van der Waals surface area contributed by atoms with E-state index in [1.807, 2.05) is 4.90 Å². The van der Waals surface area contributed by atoms with Crippen LogP contribution >= 0.6 is 23.2 Å². The normalized spacial score (nSPS) is 15.3. The fourth-order valence-electron chi connectivity index (χ4n) is 2.38. The molecule has 126 valence electrons. The average Bonchev–Trinajstić information content (AvgIpc) is 3.04. The van der Waals surface area contributed by atoms with Crippen molar-refractivity contribution in [3.8, 4) is 5.75 Å². The Labute approximate surface area is 145 Å². The van der Waals surface area contributed by atoms with Crippen LogP contribution in [0.1, 0.15) is 26.2 Å². The van der Waals surface area contributed by atoms with E-state index < -0.39 is 6.10 Å².